The molecule has 0 spiro atoms. The van der Waals surface area contributed by atoms with Crippen LogP contribution in [-0.4, -0.2) is 29.8 Å². The van der Waals surface area contributed by atoms with Crippen LogP contribution in [0.3, 0.4) is 0 Å². The van der Waals surface area contributed by atoms with Crippen molar-refractivity contribution in [3.8, 4) is 34.4 Å². The number of halogens is 1. The second kappa shape index (κ2) is 7.05. The van der Waals surface area contributed by atoms with E-state index in [0.717, 1.165) is 22.2 Å². The molecule has 154 valence electrons. The van der Waals surface area contributed by atoms with E-state index in [1.807, 2.05) is 37.3 Å². The number of aryl methyl sites for hydroxylation is 1. The first-order valence-corrected chi connectivity index (χ1v) is 9.96. The molecule has 32 heavy (non-hydrogen) atoms. The number of benzene rings is 2. The van der Waals surface area contributed by atoms with Crippen LogP contribution < -0.4 is 0 Å². The number of nitrogens with zero attached hydrogens (tertiary/aromatic N) is 6. The van der Waals surface area contributed by atoms with Crippen molar-refractivity contribution in [3.63, 3.8) is 0 Å². The molecule has 0 amide bonds. The van der Waals surface area contributed by atoms with Crippen molar-refractivity contribution in [2.75, 3.05) is 0 Å². The van der Waals surface area contributed by atoms with E-state index < -0.39 is 0 Å². The highest BCUT2D eigenvalue weighted by molar-refractivity contribution is 5.81. The highest BCUT2D eigenvalue weighted by Crippen LogP contribution is 2.26. The fraction of sp³-hybridized carbons (Fsp3) is 0.0417. The second-order valence-electron chi connectivity index (χ2n) is 7.44. The SMILES string of the molecule is Cc1ccc2nc(-c3nnc(-c4cc5nccc(-c6ccc(F)cc6)n5n4)o3)ccc2c1. The van der Waals surface area contributed by atoms with Gasteiger partial charge in [0.2, 0.25) is 0 Å². The lowest BCUT2D eigenvalue weighted by atomic mass is 10.1. The Hall–Kier alpha value is -4.46. The first-order chi connectivity index (χ1) is 15.6. The molecule has 6 aromatic rings. The number of hydrogen-bond acceptors (Lipinski definition) is 6. The molecule has 0 bridgehead atoms. The third-order valence-electron chi connectivity index (χ3n) is 5.21. The van der Waals surface area contributed by atoms with Crippen LogP contribution in [0.4, 0.5) is 4.39 Å². The van der Waals surface area contributed by atoms with E-state index in [2.05, 4.69) is 31.3 Å². The Morgan fingerprint density at radius 1 is 0.844 bits per heavy atom. The predicted octanol–water partition coefficient (Wildman–Crippen LogP) is 5.11. The van der Waals surface area contributed by atoms with Gasteiger partial charge in [-0.3, -0.25) is 0 Å². The summed E-state index contributed by atoms with van der Waals surface area (Å²) in [6, 6.07) is 19.7. The molecule has 0 atom stereocenters. The van der Waals surface area contributed by atoms with E-state index in [-0.39, 0.29) is 11.7 Å². The Balaban J connectivity index is 1.39. The number of fused-ring (bicyclic) bond motifs is 2. The molecule has 4 aromatic heterocycles. The molecule has 2 aromatic carbocycles. The standard InChI is InChI=1S/C24H15FN6O/c1-14-2-8-18-16(12-14)5-9-19(27-18)23-28-29-24(32-23)20-13-22-26-11-10-21(31(22)30-20)15-3-6-17(25)7-4-15/h2-13H,1H3. The van der Waals surface area contributed by atoms with Gasteiger partial charge in [-0.05, 0) is 55.5 Å². The zero-order valence-electron chi connectivity index (χ0n) is 16.9. The highest BCUT2D eigenvalue weighted by Gasteiger charge is 2.17. The summed E-state index contributed by atoms with van der Waals surface area (Å²) in [5.41, 5.74) is 5.31. The first kappa shape index (κ1) is 18.3. The summed E-state index contributed by atoms with van der Waals surface area (Å²) in [6.07, 6.45) is 1.68. The molecule has 6 rings (SSSR count). The normalized spacial score (nSPS) is 11.4. The molecule has 8 heteroatoms. The van der Waals surface area contributed by atoms with Crippen molar-refractivity contribution in [2.45, 2.75) is 6.92 Å². The Kier molecular flexibility index (Phi) is 4.04. The molecular weight excluding hydrogens is 407 g/mol. The molecule has 0 aliphatic carbocycles. The summed E-state index contributed by atoms with van der Waals surface area (Å²) in [4.78, 5) is 8.99. The fourth-order valence-electron chi connectivity index (χ4n) is 3.63. The van der Waals surface area contributed by atoms with E-state index in [9.17, 15) is 4.39 Å². The topological polar surface area (TPSA) is 82.0 Å². The van der Waals surface area contributed by atoms with Gasteiger partial charge in [0.25, 0.3) is 11.8 Å². The monoisotopic (exact) mass is 422 g/mol. The van der Waals surface area contributed by atoms with Crippen molar-refractivity contribution in [3.05, 3.63) is 84.3 Å². The third-order valence-corrected chi connectivity index (χ3v) is 5.21. The van der Waals surface area contributed by atoms with Crippen LogP contribution in [0.2, 0.25) is 0 Å². The molecule has 0 saturated carbocycles. The largest absolute Gasteiger partial charge is 0.413 e. The van der Waals surface area contributed by atoms with Crippen molar-refractivity contribution < 1.29 is 8.81 Å². The van der Waals surface area contributed by atoms with Gasteiger partial charge < -0.3 is 4.42 Å². The third kappa shape index (κ3) is 3.09. The van der Waals surface area contributed by atoms with Crippen molar-refractivity contribution in [1.82, 2.24) is 29.8 Å². The van der Waals surface area contributed by atoms with Gasteiger partial charge in [0.15, 0.2) is 11.3 Å². The van der Waals surface area contributed by atoms with Crippen molar-refractivity contribution >= 4 is 16.6 Å². The minimum atomic E-state index is -0.295. The summed E-state index contributed by atoms with van der Waals surface area (Å²) in [6.45, 7) is 2.04. The number of rotatable bonds is 3. The fourth-order valence-corrected chi connectivity index (χ4v) is 3.63. The Bertz CT molecular complexity index is 1600. The zero-order chi connectivity index (χ0) is 21.7. The lowest BCUT2D eigenvalue weighted by molar-refractivity contribution is 0.579. The van der Waals surface area contributed by atoms with Gasteiger partial charge in [-0.1, -0.05) is 17.7 Å². The quantitative estimate of drug-likeness (QED) is 0.394. The van der Waals surface area contributed by atoms with Crippen LogP contribution >= 0.6 is 0 Å². The molecule has 4 heterocycles. The maximum Gasteiger partial charge on any atom is 0.268 e. The molecule has 7 nitrogen and oxygen atoms in total. The van der Waals surface area contributed by atoms with Crippen LogP contribution in [0.15, 0.2) is 77.3 Å². The maximum atomic E-state index is 13.3. The molecule has 0 aliphatic heterocycles. The Morgan fingerprint density at radius 2 is 1.66 bits per heavy atom. The molecular formula is C24H15FN6O. The lowest BCUT2D eigenvalue weighted by Crippen LogP contribution is -1.95. The highest BCUT2D eigenvalue weighted by atomic mass is 19.1. The summed E-state index contributed by atoms with van der Waals surface area (Å²) in [7, 11) is 0. The van der Waals surface area contributed by atoms with E-state index in [1.54, 1.807) is 28.9 Å². The van der Waals surface area contributed by atoms with E-state index in [0.29, 0.717) is 22.9 Å². The summed E-state index contributed by atoms with van der Waals surface area (Å²) in [5.74, 6) is 0.281. The number of hydrogen-bond donors (Lipinski definition) is 0. The molecule has 0 N–H and O–H groups in total. The van der Waals surface area contributed by atoms with Gasteiger partial charge in [-0.25, -0.2) is 18.9 Å². The van der Waals surface area contributed by atoms with Gasteiger partial charge in [0.1, 0.15) is 11.5 Å². The second-order valence-corrected chi connectivity index (χ2v) is 7.44. The van der Waals surface area contributed by atoms with E-state index in [4.69, 9.17) is 4.42 Å². The Labute approximate surface area is 181 Å². The van der Waals surface area contributed by atoms with E-state index >= 15 is 0 Å². The summed E-state index contributed by atoms with van der Waals surface area (Å²) in [5, 5.41) is 14.0. The first-order valence-electron chi connectivity index (χ1n) is 9.96. The van der Waals surface area contributed by atoms with Crippen LogP contribution in [0, 0.1) is 12.7 Å². The molecule has 0 aliphatic rings. The number of aromatic nitrogens is 6. The van der Waals surface area contributed by atoms with Crippen LogP contribution in [0.25, 0.3) is 51.0 Å². The van der Waals surface area contributed by atoms with Gasteiger partial charge in [-0.15, -0.1) is 10.2 Å². The molecule has 0 fully saturated rings. The lowest BCUT2D eigenvalue weighted by Gasteiger charge is -2.03. The van der Waals surface area contributed by atoms with Crippen molar-refractivity contribution in [1.29, 1.82) is 0 Å². The summed E-state index contributed by atoms with van der Waals surface area (Å²) >= 11 is 0. The molecule has 0 radical (unpaired) electrons. The average molecular weight is 422 g/mol. The van der Waals surface area contributed by atoms with Gasteiger partial charge in [-0.2, -0.15) is 5.10 Å². The predicted molar refractivity (Wildman–Crippen MR) is 117 cm³/mol. The van der Waals surface area contributed by atoms with Gasteiger partial charge in [0.05, 0.1) is 11.2 Å². The number of pyridine rings is 1. The smallest absolute Gasteiger partial charge is 0.268 e. The van der Waals surface area contributed by atoms with Gasteiger partial charge >= 0.3 is 0 Å². The molecule has 0 unspecified atom stereocenters. The minimum Gasteiger partial charge on any atom is -0.413 e. The Morgan fingerprint density at radius 3 is 2.50 bits per heavy atom. The van der Waals surface area contributed by atoms with Crippen LogP contribution in [0.5, 0.6) is 0 Å². The van der Waals surface area contributed by atoms with Gasteiger partial charge in [0, 0.05) is 23.2 Å². The summed E-state index contributed by atoms with van der Waals surface area (Å²) < 4.78 is 20.9. The zero-order valence-corrected chi connectivity index (χ0v) is 16.9. The minimum absolute atomic E-state index is 0.265. The van der Waals surface area contributed by atoms with Crippen LogP contribution in [0.1, 0.15) is 5.56 Å². The molecule has 0 saturated heterocycles. The average Bonchev–Trinajstić information content (AvgIpc) is 3.46. The maximum absolute atomic E-state index is 13.3. The van der Waals surface area contributed by atoms with E-state index in [1.165, 1.54) is 17.7 Å². The van der Waals surface area contributed by atoms with Crippen molar-refractivity contribution in [2.24, 2.45) is 0 Å². The van der Waals surface area contributed by atoms with Crippen LogP contribution in [-0.2, 0) is 0 Å².